The molecule has 0 saturated heterocycles. The van der Waals surface area contributed by atoms with E-state index in [2.05, 4.69) is 10.6 Å². The summed E-state index contributed by atoms with van der Waals surface area (Å²) in [5.41, 5.74) is 14.6. The van der Waals surface area contributed by atoms with E-state index in [0.717, 1.165) is 23.3 Å². The molecule has 8 N–H and O–H groups in total. The van der Waals surface area contributed by atoms with Crippen molar-refractivity contribution in [2.24, 2.45) is 0 Å². The van der Waals surface area contributed by atoms with Gasteiger partial charge in [-0.05, 0) is 66.8 Å². The van der Waals surface area contributed by atoms with Crippen molar-refractivity contribution in [1.82, 2.24) is 0 Å². The van der Waals surface area contributed by atoms with Gasteiger partial charge in [0.25, 0.3) is 20.2 Å². The summed E-state index contributed by atoms with van der Waals surface area (Å²) in [6, 6.07) is 25.1. The zero-order chi connectivity index (χ0) is 42.3. The molecule has 0 spiro atoms. The molecule has 0 fully saturated rings. The summed E-state index contributed by atoms with van der Waals surface area (Å²) in [4.78, 5) is 53.2. The number of carbonyl (C=O) groups excluding carboxylic acids is 4. The Hall–Kier alpha value is -6.98. The minimum absolute atomic E-state index is 0.0365. The number of nitrogens with two attached hydrogens (primary N) is 2. The topological polar surface area (TPSA) is 253 Å². The van der Waals surface area contributed by atoms with E-state index < -0.39 is 64.5 Å². The van der Waals surface area contributed by atoms with Crippen LogP contribution in [0.4, 0.5) is 34.1 Å². The lowest BCUT2D eigenvalue weighted by molar-refractivity contribution is 0.0980. The van der Waals surface area contributed by atoms with Gasteiger partial charge in [-0.2, -0.15) is 16.8 Å². The summed E-state index contributed by atoms with van der Waals surface area (Å²) in [6.45, 7) is 3.58. The number of hydrogen-bond acceptors (Lipinski definition) is 12. The molecule has 0 unspecified atom stereocenters. The van der Waals surface area contributed by atoms with Gasteiger partial charge in [0.05, 0.1) is 45.0 Å². The second-order valence-electron chi connectivity index (χ2n) is 14.3. The highest BCUT2D eigenvalue weighted by atomic mass is 32.2. The summed E-state index contributed by atoms with van der Waals surface area (Å²) >= 11 is 0. The Morgan fingerprint density at radius 3 is 1.10 bits per heavy atom. The number of carbonyl (C=O) groups is 4. The Bertz CT molecular complexity index is 2950. The highest BCUT2D eigenvalue weighted by Gasteiger charge is 2.38. The maximum atomic E-state index is 13.7. The first-order valence-corrected chi connectivity index (χ1v) is 20.7. The molecule has 14 nitrogen and oxygen atoms in total. The minimum atomic E-state index is -4.91. The van der Waals surface area contributed by atoms with Gasteiger partial charge in [-0.1, -0.05) is 72.8 Å². The van der Waals surface area contributed by atoms with Crippen molar-refractivity contribution in [2.45, 2.75) is 30.1 Å². The molecular formula is C43H32N4O10S2. The van der Waals surface area contributed by atoms with Crippen LogP contribution >= 0.6 is 0 Å². The fourth-order valence-electron chi connectivity index (χ4n) is 7.69. The van der Waals surface area contributed by atoms with Gasteiger partial charge in [0.1, 0.15) is 9.79 Å². The van der Waals surface area contributed by atoms with Crippen molar-refractivity contribution in [3.05, 3.63) is 164 Å². The molecule has 0 bridgehead atoms. The smallest absolute Gasteiger partial charge is 0.296 e. The largest absolute Gasteiger partial charge is 0.397 e. The fraction of sp³-hybridized carbons (Fsp3) is 0.0698. The van der Waals surface area contributed by atoms with Crippen molar-refractivity contribution in [1.29, 1.82) is 0 Å². The second kappa shape index (κ2) is 13.8. The maximum Gasteiger partial charge on any atom is 0.296 e. The molecule has 0 atom stereocenters. The van der Waals surface area contributed by atoms with E-state index in [1.165, 1.54) is 24.3 Å². The zero-order valence-electron chi connectivity index (χ0n) is 31.1. The average Bonchev–Trinajstić information content (AvgIpc) is 3.18. The van der Waals surface area contributed by atoms with Crippen molar-refractivity contribution < 1.29 is 45.1 Å². The molecule has 2 aliphatic rings. The average molecular weight is 829 g/mol. The molecule has 6 aromatic rings. The summed E-state index contributed by atoms with van der Waals surface area (Å²) in [5.74, 6) is -2.41. The molecule has 0 heterocycles. The number of aryl methyl sites for hydroxylation is 2. The SMILES string of the molecule is Cc1cc(Cc2ccc(Nc3cc(S(=O)(=O)O)c(N)c4c3C(=O)c3ccccc3C4=O)c(C)c2)ccc1Nc1cc(S(=O)(=O)O)c(N)c2c1C(=O)c1ccccc1C2=O. The molecule has 0 amide bonds. The first kappa shape index (κ1) is 38.9. The summed E-state index contributed by atoms with van der Waals surface area (Å²) in [7, 11) is -9.81. The van der Waals surface area contributed by atoms with Crippen LogP contribution in [0.3, 0.4) is 0 Å². The van der Waals surface area contributed by atoms with E-state index in [0.29, 0.717) is 28.9 Å². The molecule has 59 heavy (non-hydrogen) atoms. The molecule has 0 aromatic heterocycles. The molecule has 0 saturated carbocycles. The van der Waals surface area contributed by atoms with Gasteiger partial charge >= 0.3 is 0 Å². The Morgan fingerprint density at radius 1 is 0.475 bits per heavy atom. The second-order valence-corrected chi connectivity index (χ2v) is 17.0. The number of nitrogens with one attached hydrogen (secondary N) is 2. The van der Waals surface area contributed by atoms with E-state index in [-0.39, 0.29) is 55.9 Å². The van der Waals surface area contributed by atoms with Gasteiger partial charge in [0.2, 0.25) is 0 Å². The van der Waals surface area contributed by atoms with E-state index in [1.807, 2.05) is 24.3 Å². The number of hydrogen-bond donors (Lipinski definition) is 6. The summed E-state index contributed by atoms with van der Waals surface area (Å²) < 4.78 is 69.5. The van der Waals surface area contributed by atoms with Crippen molar-refractivity contribution in [3.8, 4) is 0 Å². The number of ketones is 4. The predicted octanol–water partition coefficient (Wildman–Crippen LogP) is 6.59. The normalized spacial score (nSPS) is 13.4. The van der Waals surface area contributed by atoms with Gasteiger partial charge in [0.15, 0.2) is 23.1 Å². The summed E-state index contributed by atoms with van der Waals surface area (Å²) in [6.07, 6.45) is 0.435. The molecule has 0 radical (unpaired) electrons. The van der Waals surface area contributed by atoms with E-state index in [4.69, 9.17) is 11.5 Å². The maximum absolute atomic E-state index is 13.7. The first-order chi connectivity index (χ1) is 27.8. The minimum Gasteiger partial charge on any atom is -0.397 e. The molecule has 296 valence electrons. The van der Waals surface area contributed by atoms with Gasteiger partial charge < -0.3 is 22.1 Å². The Labute approximate surface area is 337 Å². The zero-order valence-corrected chi connectivity index (χ0v) is 32.7. The van der Waals surface area contributed by atoms with Crippen LogP contribution < -0.4 is 22.1 Å². The van der Waals surface area contributed by atoms with Crippen LogP contribution in [-0.2, 0) is 26.7 Å². The van der Waals surface area contributed by atoms with Crippen LogP contribution in [0.2, 0.25) is 0 Å². The van der Waals surface area contributed by atoms with Crippen LogP contribution in [0.1, 0.15) is 85.9 Å². The molecule has 0 aliphatic heterocycles. The van der Waals surface area contributed by atoms with E-state index >= 15 is 0 Å². The lowest BCUT2D eigenvalue weighted by Gasteiger charge is -2.24. The Balaban J connectivity index is 1.09. The third-order valence-corrected chi connectivity index (χ3v) is 12.3. The van der Waals surface area contributed by atoms with Gasteiger partial charge in [0, 0.05) is 33.6 Å². The first-order valence-electron chi connectivity index (χ1n) is 17.8. The van der Waals surface area contributed by atoms with Crippen molar-refractivity contribution >= 4 is 77.5 Å². The quantitative estimate of drug-likeness (QED) is 0.0698. The number of benzene rings is 6. The lowest BCUT2D eigenvalue weighted by Crippen LogP contribution is -2.25. The highest BCUT2D eigenvalue weighted by Crippen LogP contribution is 2.42. The van der Waals surface area contributed by atoms with Gasteiger partial charge in [-0.3, -0.25) is 28.3 Å². The van der Waals surface area contributed by atoms with Crippen LogP contribution in [0.25, 0.3) is 0 Å². The standard InChI is InChI=1S/C43H32N4O10S2/c1-20-15-22(11-13-28(20)46-30-18-32(58(52,53)54)38(44)36-34(30)40(48)24-7-3-5-9-26(24)42(36)50)17-23-12-14-29(21(2)16-23)47-31-19-33(59(55,56)57)39(45)37-35(31)41(49)25-8-4-6-10-27(25)43(37)51/h3-16,18-19,46-47H,17,44-45H2,1-2H3,(H,52,53,54)(H,55,56,57). The third kappa shape index (κ3) is 6.53. The van der Waals surface area contributed by atoms with Crippen LogP contribution in [-0.4, -0.2) is 49.1 Å². The molecule has 8 rings (SSSR count). The fourth-order valence-corrected chi connectivity index (χ4v) is 8.98. The number of rotatable bonds is 8. The molecule has 2 aliphatic carbocycles. The van der Waals surface area contributed by atoms with E-state index in [1.54, 1.807) is 50.2 Å². The number of nitrogen functional groups attached to an aromatic ring is 2. The molecular weight excluding hydrogens is 797 g/mol. The Morgan fingerprint density at radius 2 is 0.797 bits per heavy atom. The Kier molecular flexibility index (Phi) is 9.12. The van der Waals surface area contributed by atoms with Gasteiger partial charge in [-0.15, -0.1) is 0 Å². The molecule has 16 heteroatoms. The highest BCUT2D eigenvalue weighted by molar-refractivity contribution is 7.86. The monoisotopic (exact) mass is 828 g/mol. The van der Waals surface area contributed by atoms with E-state index in [9.17, 15) is 45.1 Å². The predicted molar refractivity (Wildman–Crippen MR) is 220 cm³/mol. The number of fused-ring (bicyclic) bond motifs is 4. The van der Waals surface area contributed by atoms with Crippen molar-refractivity contribution in [2.75, 3.05) is 22.1 Å². The van der Waals surface area contributed by atoms with Crippen molar-refractivity contribution in [3.63, 3.8) is 0 Å². The summed E-state index contributed by atoms with van der Waals surface area (Å²) in [5, 5.41) is 6.17. The van der Waals surface area contributed by atoms with Gasteiger partial charge in [-0.25, -0.2) is 0 Å². The van der Waals surface area contributed by atoms with Crippen LogP contribution in [0.15, 0.2) is 107 Å². The third-order valence-electron chi connectivity index (χ3n) is 10.5. The van der Waals surface area contributed by atoms with Crippen LogP contribution in [0, 0.1) is 13.8 Å². The molecule has 6 aromatic carbocycles. The van der Waals surface area contributed by atoms with Crippen LogP contribution in [0.5, 0.6) is 0 Å². The lowest BCUT2D eigenvalue weighted by atomic mass is 9.82. The number of anilines is 6.